The van der Waals surface area contributed by atoms with Crippen molar-refractivity contribution in [1.29, 1.82) is 0 Å². The Morgan fingerprint density at radius 3 is 1.81 bits per heavy atom. The monoisotopic (exact) mass is 600 g/mol. The maximum absolute atomic E-state index is 13.4. The van der Waals surface area contributed by atoms with E-state index in [-0.39, 0.29) is 37.8 Å². The molecule has 0 heterocycles. The molecule has 1 radical (unpaired) electrons. The van der Waals surface area contributed by atoms with Crippen LogP contribution in [0.2, 0.25) is 0 Å². The van der Waals surface area contributed by atoms with Crippen LogP contribution in [0.3, 0.4) is 0 Å². The van der Waals surface area contributed by atoms with Gasteiger partial charge in [-0.3, -0.25) is 0 Å². The van der Waals surface area contributed by atoms with E-state index in [1.54, 1.807) is 24.3 Å². The molecule has 0 bridgehead atoms. The van der Waals surface area contributed by atoms with E-state index in [0.29, 0.717) is 0 Å². The minimum absolute atomic E-state index is 0. The molecular weight excluding hydrogens is 565 g/mol. The second-order valence-electron chi connectivity index (χ2n) is 8.68. The topological polar surface area (TPSA) is 60.3 Å². The van der Waals surface area contributed by atoms with Gasteiger partial charge in [-0.05, 0) is 49.6 Å². The first kappa shape index (κ1) is 30.6. The van der Waals surface area contributed by atoms with E-state index in [2.05, 4.69) is 34.3 Å². The van der Waals surface area contributed by atoms with Gasteiger partial charge in [0.15, 0.2) is 0 Å². The molecule has 0 aliphatic carbocycles. The Hall–Kier alpha value is -2.63. The Morgan fingerprint density at radius 2 is 1.24 bits per heavy atom. The normalized spacial score (nSPS) is 12.6. The molecule has 0 aliphatic heterocycles. The molecule has 0 amide bonds. The van der Waals surface area contributed by atoms with Crippen molar-refractivity contribution in [2.45, 2.75) is 36.7 Å². The smallest absolute Gasteiger partial charge is 0.537 e. The quantitative estimate of drug-likeness (QED) is 0.113. The molecule has 4 aromatic rings. The van der Waals surface area contributed by atoms with E-state index in [4.69, 9.17) is 0 Å². The minimum Gasteiger partial charge on any atom is -0.537 e. The third-order valence-corrected chi connectivity index (χ3v) is 7.41. The molecule has 1 N–H and O–H groups in total. The van der Waals surface area contributed by atoms with Crippen molar-refractivity contribution in [2.75, 3.05) is 6.54 Å². The zero-order valence-corrected chi connectivity index (χ0v) is 23.8. The third-order valence-electron chi connectivity index (χ3n) is 6.04. The Morgan fingerprint density at radius 1 is 0.730 bits per heavy atom. The summed E-state index contributed by atoms with van der Waals surface area (Å²) in [5.41, 5.74) is 4.15. The fourth-order valence-electron chi connectivity index (χ4n) is 4.15. The molecule has 0 aromatic heterocycles. The van der Waals surface area contributed by atoms with Crippen LogP contribution >= 0.6 is 0 Å². The van der Waals surface area contributed by atoms with Gasteiger partial charge in [0, 0.05) is 10.9 Å². The van der Waals surface area contributed by atoms with E-state index in [0.717, 1.165) is 36.1 Å². The average Bonchev–Trinajstić information content (AvgIpc) is 2.89. The molecule has 0 unspecified atom stereocenters. The molecule has 4 nitrogen and oxygen atoms in total. The van der Waals surface area contributed by atoms with Crippen molar-refractivity contribution in [3.8, 4) is 0 Å². The Bertz CT molecular complexity index is 1280. The second kappa shape index (κ2) is 14.9. The summed E-state index contributed by atoms with van der Waals surface area (Å²) < 4.78 is 31.3. The number of hydrogen-bond donors (Lipinski definition) is 1. The molecule has 0 saturated carbocycles. The molecule has 4 rings (SSSR count). The summed E-state index contributed by atoms with van der Waals surface area (Å²) in [4.78, 5) is 0.208. The number of rotatable bonds is 11. The van der Waals surface area contributed by atoms with Gasteiger partial charge in [-0.2, -0.15) is 0 Å². The van der Waals surface area contributed by atoms with E-state index in [1.165, 1.54) is 5.56 Å². The number of benzene rings is 4. The Kier molecular flexibility index (Phi) is 12.4. The molecule has 37 heavy (non-hydrogen) atoms. The summed E-state index contributed by atoms with van der Waals surface area (Å²) in [5.74, 6) is 0. The van der Waals surface area contributed by atoms with Gasteiger partial charge in [-0.25, -0.2) is 8.42 Å². The van der Waals surface area contributed by atoms with E-state index < -0.39 is 16.1 Å². The number of hydrogen-bond acceptors (Lipinski definition) is 3. The van der Waals surface area contributed by atoms with Crippen LogP contribution < -0.4 is 5.32 Å². The van der Waals surface area contributed by atoms with Crippen LogP contribution in [0.5, 0.6) is 0 Å². The average molecular weight is 600 g/mol. The predicted molar refractivity (Wildman–Crippen MR) is 149 cm³/mol. The number of aryl methyl sites for hydroxylation is 2. The van der Waals surface area contributed by atoms with Crippen molar-refractivity contribution in [3.05, 3.63) is 150 Å². The fraction of sp³-hybridized carbons (Fsp3) is 0.194. The summed E-state index contributed by atoms with van der Waals surface area (Å²) in [6.45, 7) is 2.67. The zero-order valence-electron chi connectivity index (χ0n) is 21.3. The van der Waals surface area contributed by atoms with Crippen LogP contribution in [0.15, 0.2) is 120 Å². The number of nitrogens with zero attached hydrogens (tertiary/aromatic N) is 1. The van der Waals surface area contributed by atoms with Crippen LogP contribution in [0, 0.1) is 14.4 Å². The van der Waals surface area contributed by atoms with Crippen molar-refractivity contribution < 1.29 is 27.9 Å². The molecule has 2 atom stereocenters. The summed E-state index contributed by atoms with van der Waals surface area (Å²) >= 11 is 0. The third kappa shape index (κ3) is 8.72. The van der Waals surface area contributed by atoms with E-state index in [9.17, 15) is 8.42 Å². The first-order chi connectivity index (χ1) is 17.0. The van der Waals surface area contributed by atoms with Crippen LogP contribution in [0.25, 0.3) is 4.72 Å². The van der Waals surface area contributed by atoms with Crippen molar-refractivity contribution in [1.82, 2.24) is 5.32 Å². The predicted octanol–water partition coefficient (Wildman–Crippen LogP) is 7.21. The van der Waals surface area contributed by atoms with Gasteiger partial charge in [-0.15, -0.1) is 0 Å². The van der Waals surface area contributed by atoms with Crippen molar-refractivity contribution in [3.63, 3.8) is 0 Å². The molecular formula is C31H34N2O2RuS+. The van der Waals surface area contributed by atoms with Gasteiger partial charge >= 0.3 is 19.5 Å². The SMILES string of the molecule is Cc1ccc(S(=O)(=O)[N-][C@H](c2ccccc2)[C@H](NCCCc2ccccc2)c2ccccc2)cc1.[CH3-].[Ru+3]. The van der Waals surface area contributed by atoms with Gasteiger partial charge in [0.25, 0.3) is 0 Å². The van der Waals surface area contributed by atoms with Crippen LogP contribution in [0.4, 0.5) is 0 Å². The largest absolute Gasteiger partial charge is 3.00 e. The summed E-state index contributed by atoms with van der Waals surface area (Å²) in [5, 5.41) is 3.63. The second-order valence-corrected chi connectivity index (χ2v) is 10.3. The van der Waals surface area contributed by atoms with Gasteiger partial charge in [-0.1, -0.05) is 120 Å². The van der Waals surface area contributed by atoms with Gasteiger partial charge in [0.05, 0.1) is 0 Å². The van der Waals surface area contributed by atoms with E-state index >= 15 is 0 Å². The van der Waals surface area contributed by atoms with Gasteiger partial charge in [0.2, 0.25) is 0 Å². The fourth-order valence-corrected chi connectivity index (χ4v) is 5.30. The Balaban J connectivity index is 0.00000241. The standard InChI is InChI=1S/C30H31N2O2S.CH3.Ru/c1-24-19-21-28(22-20-24)35(33,34)32-30(27-17-9-4-10-18-27)29(26-15-7-3-8-16-26)31-23-11-14-25-12-5-2-6-13-25;;/h2-10,12-13,15-22,29-31H,11,14,23H2,1H3;1H3;/q2*-1;+3/t29-,30-;;/m1../s1. The summed E-state index contributed by atoms with van der Waals surface area (Å²) in [6.07, 6.45) is 1.88. The molecule has 0 aliphatic rings. The summed E-state index contributed by atoms with van der Waals surface area (Å²) in [6, 6.07) is 36.0. The van der Waals surface area contributed by atoms with Gasteiger partial charge < -0.3 is 17.5 Å². The number of sulfonamides is 1. The van der Waals surface area contributed by atoms with Crippen LogP contribution in [-0.2, 0) is 35.9 Å². The van der Waals surface area contributed by atoms with Gasteiger partial charge in [0.1, 0.15) is 10.0 Å². The molecule has 6 heteroatoms. The first-order valence-corrected chi connectivity index (χ1v) is 13.4. The maximum atomic E-state index is 13.4. The zero-order chi connectivity index (χ0) is 24.5. The van der Waals surface area contributed by atoms with Crippen molar-refractivity contribution >= 4 is 10.0 Å². The molecule has 0 saturated heterocycles. The maximum Gasteiger partial charge on any atom is 3.00 e. The molecule has 0 fully saturated rings. The summed E-state index contributed by atoms with van der Waals surface area (Å²) in [7, 11) is -3.87. The Labute approximate surface area is 235 Å². The molecule has 193 valence electrons. The van der Waals surface area contributed by atoms with Crippen molar-refractivity contribution in [2.24, 2.45) is 0 Å². The minimum atomic E-state index is -3.87. The van der Waals surface area contributed by atoms with Crippen LogP contribution in [-0.4, -0.2) is 15.0 Å². The molecule has 4 aromatic carbocycles. The first-order valence-electron chi connectivity index (χ1n) is 11.9. The van der Waals surface area contributed by atoms with E-state index in [1.807, 2.05) is 73.7 Å². The molecule has 0 spiro atoms. The number of nitrogens with one attached hydrogen (secondary N) is 1. The van der Waals surface area contributed by atoms with Crippen LogP contribution in [0.1, 0.15) is 40.8 Å².